The Morgan fingerprint density at radius 1 is 1.00 bits per heavy atom. The van der Waals surface area contributed by atoms with Crippen LogP contribution in [0.15, 0.2) is 76.5 Å². The molecule has 0 atom stereocenters. The lowest BCUT2D eigenvalue weighted by molar-refractivity contribution is -0.384. The number of imide groups is 1. The largest absolute Gasteiger partial charge is 0.491 e. The number of amides is 2. The minimum atomic E-state index is -4.21. The summed E-state index contributed by atoms with van der Waals surface area (Å²) in [7, 11) is -4.21. The molecule has 0 spiro atoms. The van der Waals surface area contributed by atoms with Gasteiger partial charge in [0.05, 0.1) is 16.4 Å². The quantitative estimate of drug-likeness (QED) is 0.153. The van der Waals surface area contributed by atoms with Crippen LogP contribution in [0, 0.1) is 24.0 Å². The van der Waals surface area contributed by atoms with Crippen molar-refractivity contribution in [1.29, 1.82) is 0 Å². The van der Waals surface area contributed by atoms with E-state index in [1.807, 2.05) is 32.0 Å². The number of benzene rings is 3. The van der Waals surface area contributed by atoms with E-state index in [0.717, 1.165) is 52.1 Å². The van der Waals surface area contributed by atoms with Crippen LogP contribution < -0.4 is 8.92 Å². The molecule has 3 aromatic carbocycles. The molecule has 0 saturated carbocycles. The smallest absolute Gasteiger partial charge is 0.339 e. The Morgan fingerprint density at radius 3 is 2.34 bits per heavy atom. The number of hydrogen-bond donors (Lipinski definition) is 0. The third kappa shape index (κ3) is 6.21. The number of ether oxygens (including phenoxy) is 1. The van der Waals surface area contributed by atoms with Gasteiger partial charge in [-0.1, -0.05) is 24.3 Å². The second-order valence-electron chi connectivity index (χ2n) is 8.31. The van der Waals surface area contributed by atoms with Crippen molar-refractivity contribution in [1.82, 2.24) is 4.90 Å². The third-order valence-electron chi connectivity index (χ3n) is 5.51. The molecule has 196 valence electrons. The number of carbonyl (C=O) groups excluding carboxylic acids is 2. The summed E-state index contributed by atoms with van der Waals surface area (Å²) in [5.41, 5.74) is 2.31. The summed E-state index contributed by atoms with van der Waals surface area (Å²) >= 11 is 0.811. The maximum Gasteiger partial charge on any atom is 0.339 e. The topological polar surface area (TPSA) is 133 Å². The highest BCUT2D eigenvalue weighted by molar-refractivity contribution is 8.18. The van der Waals surface area contributed by atoms with Crippen LogP contribution in [-0.2, 0) is 14.9 Å². The van der Waals surface area contributed by atoms with Gasteiger partial charge in [-0.05, 0) is 78.7 Å². The normalized spacial score (nSPS) is 14.7. The summed E-state index contributed by atoms with van der Waals surface area (Å²) < 4.78 is 35.8. The van der Waals surface area contributed by atoms with Gasteiger partial charge in [0.25, 0.3) is 16.8 Å². The fourth-order valence-electron chi connectivity index (χ4n) is 3.48. The summed E-state index contributed by atoms with van der Waals surface area (Å²) in [5, 5.41) is 10.4. The van der Waals surface area contributed by atoms with E-state index in [2.05, 4.69) is 0 Å². The lowest BCUT2D eigenvalue weighted by atomic mass is 10.1. The summed E-state index contributed by atoms with van der Waals surface area (Å²) in [4.78, 5) is 36.4. The zero-order valence-corrected chi connectivity index (χ0v) is 22.0. The Hall–Kier alpha value is -4.16. The molecular formula is C26H22N2O8S2. The minimum Gasteiger partial charge on any atom is -0.491 e. The van der Waals surface area contributed by atoms with Gasteiger partial charge in [-0.2, -0.15) is 8.42 Å². The van der Waals surface area contributed by atoms with Crippen LogP contribution in [-0.4, -0.2) is 42.5 Å². The van der Waals surface area contributed by atoms with Crippen LogP contribution in [0.2, 0.25) is 0 Å². The number of nitro benzene ring substituents is 1. The molecule has 0 bridgehead atoms. The SMILES string of the molecule is Cc1ccc(C)c(OCCN2C(=O)S/C(=C\c3ccc(OS(=O)(=O)c4ccc([N+](=O)[O-])cc4)cc3)C2=O)c1. The van der Waals surface area contributed by atoms with Crippen LogP contribution in [0.25, 0.3) is 6.08 Å². The average Bonchev–Trinajstić information content (AvgIpc) is 3.14. The fourth-order valence-corrected chi connectivity index (χ4v) is 5.28. The van der Waals surface area contributed by atoms with E-state index >= 15 is 0 Å². The Bertz CT molecular complexity index is 1530. The molecule has 1 aliphatic rings. The summed E-state index contributed by atoms with van der Waals surface area (Å²) in [6.45, 7) is 4.12. The van der Waals surface area contributed by atoms with Gasteiger partial charge in [-0.3, -0.25) is 24.6 Å². The predicted molar refractivity (Wildman–Crippen MR) is 141 cm³/mol. The predicted octanol–water partition coefficient (Wildman–Crippen LogP) is 5.09. The minimum absolute atomic E-state index is 0.0113. The lowest BCUT2D eigenvalue weighted by Gasteiger charge is -2.14. The lowest BCUT2D eigenvalue weighted by Crippen LogP contribution is -2.32. The van der Waals surface area contributed by atoms with Crippen molar-refractivity contribution in [2.24, 2.45) is 0 Å². The standard InChI is InChI=1S/C26H22N2O8S2/c1-17-3-4-18(2)23(15-17)35-14-13-27-25(29)24(37-26(27)30)16-19-5-9-21(10-6-19)36-38(33,34)22-11-7-20(8-12-22)28(31)32/h3-12,15-16H,13-14H2,1-2H3/b24-16-. The third-order valence-corrected chi connectivity index (χ3v) is 7.68. The number of nitro groups is 1. The molecule has 4 rings (SSSR count). The van der Waals surface area contributed by atoms with Crippen molar-refractivity contribution < 1.29 is 31.9 Å². The molecule has 10 nitrogen and oxygen atoms in total. The molecule has 38 heavy (non-hydrogen) atoms. The number of hydrogen-bond acceptors (Lipinski definition) is 9. The van der Waals surface area contributed by atoms with Crippen LogP contribution in [0.3, 0.4) is 0 Å². The fraction of sp³-hybridized carbons (Fsp3) is 0.154. The molecule has 2 amide bonds. The highest BCUT2D eigenvalue weighted by Gasteiger charge is 2.34. The van der Waals surface area contributed by atoms with E-state index in [1.165, 1.54) is 30.3 Å². The van der Waals surface area contributed by atoms with Crippen molar-refractivity contribution in [3.63, 3.8) is 0 Å². The highest BCUT2D eigenvalue weighted by Crippen LogP contribution is 2.32. The first-order valence-corrected chi connectivity index (χ1v) is 13.5. The van der Waals surface area contributed by atoms with Crippen molar-refractivity contribution in [3.8, 4) is 11.5 Å². The number of nitrogens with zero attached hydrogens (tertiary/aromatic N) is 2. The monoisotopic (exact) mass is 554 g/mol. The number of rotatable bonds is 9. The zero-order chi connectivity index (χ0) is 27.4. The maximum atomic E-state index is 12.8. The summed E-state index contributed by atoms with van der Waals surface area (Å²) in [6.07, 6.45) is 1.53. The molecule has 1 heterocycles. The molecule has 0 N–H and O–H groups in total. The van der Waals surface area contributed by atoms with Crippen molar-refractivity contribution >= 4 is 44.8 Å². The number of thioether (sulfide) groups is 1. The van der Waals surface area contributed by atoms with Gasteiger partial charge in [0, 0.05) is 12.1 Å². The van der Waals surface area contributed by atoms with Gasteiger partial charge in [-0.15, -0.1) is 0 Å². The highest BCUT2D eigenvalue weighted by atomic mass is 32.2. The molecule has 0 unspecified atom stereocenters. The van der Waals surface area contributed by atoms with Gasteiger partial charge >= 0.3 is 10.1 Å². The van der Waals surface area contributed by atoms with Gasteiger partial charge < -0.3 is 8.92 Å². The number of carbonyl (C=O) groups is 2. The Kier molecular flexibility index (Phi) is 7.83. The van der Waals surface area contributed by atoms with E-state index in [0.29, 0.717) is 11.3 Å². The van der Waals surface area contributed by atoms with Gasteiger partial charge in [0.2, 0.25) is 0 Å². The Morgan fingerprint density at radius 2 is 1.68 bits per heavy atom. The van der Waals surface area contributed by atoms with Gasteiger partial charge in [-0.25, -0.2) is 0 Å². The van der Waals surface area contributed by atoms with E-state index in [1.54, 1.807) is 0 Å². The van der Waals surface area contributed by atoms with E-state index in [4.69, 9.17) is 8.92 Å². The van der Waals surface area contributed by atoms with Crippen LogP contribution in [0.1, 0.15) is 16.7 Å². The molecule has 3 aromatic rings. The first-order valence-electron chi connectivity index (χ1n) is 11.3. The average molecular weight is 555 g/mol. The molecule has 0 aliphatic carbocycles. The number of non-ortho nitro benzene ring substituents is 1. The van der Waals surface area contributed by atoms with Gasteiger partial charge in [0.15, 0.2) is 0 Å². The zero-order valence-electron chi connectivity index (χ0n) is 20.3. The molecule has 0 radical (unpaired) electrons. The first-order chi connectivity index (χ1) is 18.0. The molecule has 1 saturated heterocycles. The number of aryl methyl sites for hydroxylation is 2. The molecule has 12 heteroatoms. The Labute approximate surface area is 223 Å². The second-order valence-corrected chi connectivity index (χ2v) is 10.8. The van der Waals surface area contributed by atoms with Crippen LogP contribution in [0.5, 0.6) is 11.5 Å². The second kappa shape index (κ2) is 11.1. The van der Waals surface area contributed by atoms with E-state index < -0.39 is 26.2 Å². The maximum absolute atomic E-state index is 12.8. The van der Waals surface area contributed by atoms with Gasteiger partial charge in [0.1, 0.15) is 23.0 Å². The molecular weight excluding hydrogens is 532 g/mol. The molecule has 0 aromatic heterocycles. The molecule has 1 aliphatic heterocycles. The summed E-state index contributed by atoms with van der Waals surface area (Å²) in [5.74, 6) is 0.272. The molecule has 1 fully saturated rings. The first kappa shape index (κ1) is 26.9. The van der Waals surface area contributed by atoms with E-state index in [9.17, 15) is 28.1 Å². The van der Waals surface area contributed by atoms with Crippen molar-refractivity contribution in [2.45, 2.75) is 18.7 Å². The van der Waals surface area contributed by atoms with Crippen molar-refractivity contribution in [2.75, 3.05) is 13.2 Å². The van der Waals surface area contributed by atoms with E-state index in [-0.39, 0.29) is 34.4 Å². The van der Waals surface area contributed by atoms with Crippen molar-refractivity contribution in [3.05, 3.63) is 98.4 Å². The van der Waals surface area contributed by atoms with Crippen LogP contribution in [0.4, 0.5) is 10.5 Å². The van der Waals surface area contributed by atoms with Crippen LogP contribution >= 0.6 is 11.8 Å². The Balaban J connectivity index is 1.38. The summed E-state index contributed by atoms with van der Waals surface area (Å²) in [6, 6.07) is 16.0.